The normalized spacial score (nSPS) is 21.7. The monoisotopic (exact) mass is 617 g/mol. The summed E-state index contributed by atoms with van der Waals surface area (Å²) in [5, 5.41) is 11.0. The van der Waals surface area contributed by atoms with Crippen LogP contribution in [-0.4, -0.2) is 75.7 Å². The standard InChI is InChI=1S/C28H36FN7O6S/c1-3-30-25(40)20(37)9-8-18(31-26(41)27-33-21(29)15-43-27)24(39)32-19-7-5-11-36(28(19)42)14-22(38)34-23-16(2)12-17-6-4-10-35(23)13-17/h5,7,11,15-18,23H,3-4,6,8-10,12-14H2,1-2H3,(H,30,40)(H,31,41)(H,32,39)(H,34,38). The fourth-order valence-corrected chi connectivity index (χ4v) is 6.19. The third-order valence-electron chi connectivity index (χ3n) is 7.63. The van der Waals surface area contributed by atoms with Gasteiger partial charge in [-0.25, -0.2) is 4.98 Å². The third kappa shape index (κ3) is 8.32. The maximum absolute atomic E-state index is 13.3. The largest absolute Gasteiger partial charge is 0.350 e. The fourth-order valence-electron chi connectivity index (χ4n) is 5.63. The third-order valence-corrected chi connectivity index (χ3v) is 8.44. The second-order valence-electron chi connectivity index (χ2n) is 10.9. The second kappa shape index (κ2) is 14.5. The number of Topliss-reactive ketones (excluding diaryl/α,β-unsaturated/α-hetero) is 1. The molecule has 4 amide bonds. The average molecular weight is 618 g/mol. The van der Waals surface area contributed by atoms with E-state index < -0.39 is 41.1 Å². The van der Waals surface area contributed by atoms with Crippen molar-refractivity contribution in [1.82, 2.24) is 30.4 Å². The van der Waals surface area contributed by atoms with Gasteiger partial charge in [0.2, 0.25) is 23.5 Å². The van der Waals surface area contributed by atoms with E-state index in [1.165, 1.54) is 29.3 Å². The van der Waals surface area contributed by atoms with E-state index in [0.29, 0.717) is 5.92 Å². The molecule has 2 bridgehead atoms. The highest BCUT2D eigenvalue weighted by atomic mass is 32.1. The van der Waals surface area contributed by atoms with Gasteiger partial charge in [0.15, 0.2) is 5.01 Å². The molecule has 2 aliphatic rings. The van der Waals surface area contributed by atoms with E-state index in [9.17, 15) is 33.2 Å². The first-order chi connectivity index (χ1) is 20.5. The van der Waals surface area contributed by atoms with Crippen LogP contribution in [0, 0.1) is 17.8 Å². The molecule has 232 valence electrons. The molecule has 43 heavy (non-hydrogen) atoms. The quantitative estimate of drug-likeness (QED) is 0.254. The summed E-state index contributed by atoms with van der Waals surface area (Å²) in [5.41, 5.74) is -0.800. The number of hydrogen-bond donors (Lipinski definition) is 4. The van der Waals surface area contributed by atoms with Gasteiger partial charge in [0.05, 0.1) is 6.17 Å². The van der Waals surface area contributed by atoms with E-state index in [-0.39, 0.29) is 54.6 Å². The molecule has 15 heteroatoms. The number of carbonyl (C=O) groups excluding carboxylic acids is 5. The zero-order valence-electron chi connectivity index (χ0n) is 24.1. The first-order valence-electron chi connectivity index (χ1n) is 14.3. The first-order valence-corrected chi connectivity index (χ1v) is 15.2. The van der Waals surface area contributed by atoms with E-state index in [1.807, 2.05) is 0 Å². The van der Waals surface area contributed by atoms with Crippen molar-refractivity contribution in [3.63, 3.8) is 0 Å². The van der Waals surface area contributed by atoms with Gasteiger partial charge in [-0.3, -0.25) is 33.7 Å². The Bertz CT molecular complexity index is 1430. The van der Waals surface area contributed by atoms with E-state index in [4.69, 9.17) is 0 Å². The molecule has 4 N–H and O–H groups in total. The van der Waals surface area contributed by atoms with Crippen LogP contribution in [0.1, 0.15) is 55.8 Å². The molecular formula is C28H36FN7O6S. The number of fused-ring (bicyclic) bond motifs is 2. The molecule has 2 fully saturated rings. The maximum atomic E-state index is 13.3. The lowest BCUT2D eigenvalue weighted by molar-refractivity contribution is -0.138. The summed E-state index contributed by atoms with van der Waals surface area (Å²) in [6, 6.07) is 1.48. The first kappa shape index (κ1) is 31.9. The van der Waals surface area contributed by atoms with Crippen LogP contribution in [0.3, 0.4) is 0 Å². The summed E-state index contributed by atoms with van der Waals surface area (Å²) in [4.78, 5) is 81.7. The van der Waals surface area contributed by atoms with Crippen molar-refractivity contribution in [2.75, 3.05) is 25.0 Å². The second-order valence-corrected chi connectivity index (χ2v) is 11.8. The van der Waals surface area contributed by atoms with Crippen LogP contribution >= 0.6 is 11.3 Å². The number of nitrogens with one attached hydrogen (secondary N) is 4. The minimum atomic E-state index is -1.37. The van der Waals surface area contributed by atoms with Gasteiger partial charge < -0.3 is 25.8 Å². The molecule has 4 rings (SSSR count). The highest BCUT2D eigenvalue weighted by molar-refractivity contribution is 7.11. The Morgan fingerprint density at radius 3 is 2.74 bits per heavy atom. The Morgan fingerprint density at radius 2 is 2.02 bits per heavy atom. The molecule has 2 aromatic heterocycles. The van der Waals surface area contributed by atoms with Crippen LogP contribution in [0.15, 0.2) is 28.5 Å². The minimum absolute atomic E-state index is 0.111. The topological polar surface area (TPSA) is 172 Å². The van der Waals surface area contributed by atoms with Crippen molar-refractivity contribution in [3.8, 4) is 0 Å². The van der Waals surface area contributed by atoms with Gasteiger partial charge in [0.1, 0.15) is 18.3 Å². The maximum Gasteiger partial charge on any atom is 0.287 e. The molecule has 13 nitrogen and oxygen atoms in total. The lowest BCUT2D eigenvalue weighted by Crippen LogP contribution is -2.59. The number of amides is 4. The van der Waals surface area contributed by atoms with Crippen LogP contribution in [0.2, 0.25) is 0 Å². The molecule has 5 unspecified atom stereocenters. The van der Waals surface area contributed by atoms with Gasteiger partial charge in [0, 0.05) is 37.6 Å². The van der Waals surface area contributed by atoms with Crippen LogP contribution in [0.4, 0.5) is 10.1 Å². The molecule has 0 radical (unpaired) electrons. The zero-order chi connectivity index (χ0) is 31.1. The summed E-state index contributed by atoms with van der Waals surface area (Å²) in [5.74, 6) is -3.62. The highest BCUT2D eigenvalue weighted by Gasteiger charge is 2.36. The van der Waals surface area contributed by atoms with Gasteiger partial charge in [0.25, 0.3) is 17.4 Å². The Kier molecular flexibility index (Phi) is 10.7. The van der Waals surface area contributed by atoms with E-state index >= 15 is 0 Å². The number of carbonyl (C=O) groups is 5. The van der Waals surface area contributed by atoms with Crippen molar-refractivity contribution >= 4 is 46.4 Å². The number of nitrogens with zero attached hydrogens (tertiary/aromatic N) is 3. The van der Waals surface area contributed by atoms with E-state index in [2.05, 4.69) is 38.1 Å². The van der Waals surface area contributed by atoms with Crippen LogP contribution in [-0.2, 0) is 25.7 Å². The number of aromatic nitrogens is 2. The zero-order valence-corrected chi connectivity index (χ0v) is 24.9. The number of thiazole rings is 1. The molecule has 0 aliphatic carbocycles. The van der Waals surface area contributed by atoms with Crippen molar-refractivity contribution in [1.29, 1.82) is 0 Å². The van der Waals surface area contributed by atoms with Crippen LogP contribution < -0.4 is 26.8 Å². The number of rotatable bonds is 12. The summed E-state index contributed by atoms with van der Waals surface area (Å²) in [7, 11) is 0. The smallest absolute Gasteiger partial charge is 0.287 e. The Morgan fingerprint density at radius 1 is 1.23 bits per heavy atom. The van der Waals surface area contributed by atoms with E-state index in [0.717, 1.165) is 42.6 Å². The van der Waals surface area contributed by atoms with Crippen molar-refractivity contribution in [2.45, 2.75) is 64.7 Å². The fraction of sp³-hybridized carbons (Fsp3) is 0.536. The molecule has 5 atom stereocenters. The lowest BCUT2D eigenvalue weighted by Gasteiger charge is -2.47. The Labute approximate surface area is 251 Å². The molecule has 2 saturated heterocycles. The average Bonchev–Trinajstić information content (AvgIpc) is 3.41. The van der Waals surface area contributed by atoms with Gasteiger partial charge >= 0.3 is 0 Å². The molecule has 0 saturated carbocycles. The Hall–Kier alpha value is -3.98. The molecule has 0 spiro atoms. The van der Waals surface area contributed by atoms with Crippen molar-refractivity contribution in [3.05, 3.63) is 45.0 Å². The van der Waals surface area contributed by atoms with Crippen molar-refractivity contribution in [2.24, 2.45) is 11.8 Å². The number of piperidine rings is 2. The lowest BCUT2D eigenvalue weighted by atomic mass is 9.82. The summed E-state index contributed by atoms with van der Waals surface area (Å²) >= 11 is 0.723. The summed E-state index contributed by atoms with van der Waals surface area (Å²) in [6.45, 7) is 5.58. The highest BCUT2D eigenvalue weighted by Crippen LogP contribution is 2.32. The SMILES string of the molecule is CCNC(=O)C(=O)CCC(NC(=O)c1nc(F)cs1)C(=O)Nc1cccn(CC(=O)NC2C(C)CC3CCCN2C3)c1=O. The number of anilines is 1. The number of ketones is 1. The summed E-state index contributed by atoms with van der Waals surface area (Å²) < 4.78 is 14.5. The molecule has 2 aliphatic heterocycles. The molecular weight excluding hydrogens is 581 g/mol. The van der Waals surface area contributed by atoms with Gasteiger partial charge in [-0.15, -0.1) is 11.3 Å². The predicted molar refractivity (Wildman–Crippen MR) is 156 cm³/mol. The Balaban J connectivity index is 1.43. The van der Waals surface area contributed by atoms with Crippen LogP contribution in [0.25, 0.3) is 0 Å². The number of pyridine rings is 1. The van der Waals surface area contributed by atoms with Crippen molar-refractivity contribution < 1.29 is 28.4 Å². The van der Waals surface area contributed by atoms with Gasteiger partial charge in [-0.05, 0) is 56.6 Å². The van der Waals surface area contributed by atoms with Crippen LogP contribution in [0.5, 0.6) is 0 Å². The molecule has 4 heterocycles. The predicted octanol–water partition coefficient (Wildman–Crippen LogP) is 0.861. The number of halogens is 1. The minimum Gasteiger partial charge on any atom is -0.350 e. The number of likely N-dealkylation sites (N-methyl/N-ethyl adjacent to an activating group) is 1. The number of hydrogen-bond acceptors (Lipinski definition) is 9. The van der Waals surface area contributed by atoms with E-state index in [1.54, 1.807) is 6.92 Å². The van der Waals surface area contributed by atoms with Gasteiger partial charge in [-0.2, -0.15) is 4.39 Å². The van der Waals surface area contributed by atoms with Gasteiger partial charge in [-0.1, -0.05) is 6.92 Å². The molecule has 2 aromatic rings. The summed E-state index contributed by atoms with van der Waals surface area (Å²) in [6.07, 6.45) is 3.99. The molecule has 0 aromatic carbocycles.